The van der Waals surface area contributed by atoms with Crippen molar-refractivity contribution in [2.45, 2.75) is 20.0 Å². The lowest BCUT2D eigenvalue weighted by Gasteiger charge is -2.15. The Labute approximate surface area is 124 Å². The Morgan fingerprint density at radius 3 is 2.48 bits per heavy atom. The van der Waals surface area contributed by atoms with E-state index < -0.39 is 6.10 Å². The van der Waals surface area contributed by atoms with Gasteiger partial charge in [0.1, 0.15) is 5.75 Å². The second-order valence-electron chi connectivity index (χ2n) is 4.52. The third kappa shape index (κ3) is 3.53. The Bertz CT molecular complexity index is 659. The average molecular weight is 283 g/mol. The monoisotopic (exact) mass is 283 g/mol. The van der Waals surface area contributed by atoms with Crippen LogP contribution >= 0.6 is 0 Å². The van der Waals surface area contributed by atoms with Gasteiger partial charge in [-0.25, -0.2) is 0 Å². The van der Waals surface area contributed by atoms with Crippen LogP contribution in [0.3, 0.4) is 0 Å². The van der Waals surface area contributed by atoms with Crippen LogP contribution in [0.5, 0.6) is 17.2 Å². The maximum Gasteiger partial charge on any atom is 0.169 e. The molecular weight excluding hydrogens is 266 g/mol. The van der Waals surface area contributed by atoms with E-state index >= 15 is 0 Å². The molecule has 0 spiro atoms. The van der Waals surface area contributed by atoms with Gasteiger partial charge in [0.05, 0.1) is 24.3 Å². The van der Waals surface area contributed by atoms with Gasteiger partial charge in [0.2, 0.25) is 0 Å². The predicted octanol–water partition coefficient (Wildman–Crippen LogP) is 3.80. The second kappa shape index (κ2) is 6.78. The third-order valence-corrected chi connectivity index (χ3v) is 2.96. The average Bonchev–Trinajstić information content (AvgIpc) is 2.49. The van der Waals surface area contributed by atoms with Gasteiger partial charge in [-0.15, -0.1) is 0 Å². The zero-order chi connectivity index (χ0) is 15.2. The minimum absolute atomic E-state index is 0.455. The van der Waals surface area contributed by atoms with Crippen molar-refractivity contribution in [3.8, 4) is 23.3 Å². The van der Waals surface area contributed by atoms with Crippen LogP contribution in [-0.4, -0.2) is 11.7 Å². The van der Waals surface area contributed by atoms with Gasteiger partial charge in [-0.3, -0.25) is 0 Å². The molecule has 0 amide bonds. The van der Waals surface area contributed by atoms with Crippen LogP contribution in [0.2, 0.25) is 0 Å². The first-order valence-electron chi connectivity index (χ1n) is 6.77. The fourth-order valence-corrected chi connectivity index (χ4v) is 1.97. The minimum atomic E-state index is -0.688. The van der Waals surface area contributed by atoms with Crippen molar-refractivity contribution in [1.29, 1.82) is 5.26 Å². The van der Waals surface area contributed by atoms with Crippen LogP contribution < -0.4 is 9.47 Å². The number of rotatable bonds is 5. The van der Waals surface area contributed by atoms with E-state index in [0.717, 1.165) is 0 Å². The van der Waals surface area contributed by atoms with Crippen molar-refractivity contribution in [3.05, 3.63) is 53.6 Å². The van der Waals surface area contributed by atoms with Crippen molar-refractivity contribution >= 4 is 0 Å². The molecule has 1 N–H and O–H groups in total. The Morgan fingerprint density at radius 2 is 1.86 bits per heavy atom. The summed E-state index contributed by atoms with van der Waals surface area (Å²) < 4.78 is 11.4. The Hall–Kier alpha value is -2.51. The Kier molecular flexibility index (Phi) is 4.81. The van der Waals surface area contributed by atoms with Crippen molar-refractivity contribution in [1.82, 2.24) is 0 Å². The molecule has 0 bridgehead atoms. The van der Waals surface area contributed by atoms with Gasteiger partial charge in [-0.05, 0) is 38.1 Å². The van der Waals surface area contributed by atoms with E-state index in [0.29, 0.717) is 35.0 Å². The Balaban J connectivity index is 2.41. The smallest absolute Gasteiger partial charge is 0.169 e. The molecule has 0 aromatic heterocycles. The zero-order valence-electron chi connectivity index (χ0n) is 12.0. The quantitative estimate of drug-likeness (QED) is 0.906. The van der Waals surface area contributed by atoms with E-state index in [-0.39, 0.29) is 0 Å². The molecule has 0 unspecified atom stereocenters. The maximum atomic E-state index is 9.82. The van der Waals surface area contributed by atoms with E-state index in [4.69, 9.17) is 14.7 Å². The molecule has 0 aliphatic carbocycles. The topological polar surface area (TPSA) is 62.5 Å². The summed E-state index contributed by atoms with van der Waals surface area (Å²) in [6.45, 7) is 4.08. The van der Waals surface area contributed by atoms with Crippen LogP contribution in [0.4, 0.5) is 0 Å². The van der Waals surface area contributed by atoms with E-state index in [1.807, 2.05) is 25.1 Å². The van der Waals surface area contributed by atoms with E-state index in [1.54, 1.807) is 31.2 Å². The summed E-state index contributed by atoms with van der Waals surface area (Å²) in [4.78, 5) is 0. The molecule has 4 heteroatoms. The fraction of sp³-hybridized carbons (Fsp3) is 0.235. The zero-order valence-corrected chi connectivity index (χ0v) is 12.0. The molecule has 0 aliphatic heterocycles. The molecule has 0 radical (unpaired) electrons. The number of benzene rings is 2. The summed E-state index contributed by atoms with van der Waals surface area (Å²) in [5.41, 5.74) is 1.10. The lowest BCUT2D eigenvalue weighted by molar-refractivity contribution is 0.195. The largest absolute Gasteiger partial charge is 0.490 e. The number of nitrogens with zero attached hydrogens (tertiary/aromatic N) is 1. The van der Waals surface area contributed by atoms with Gasteiger partial charge in [-0.2, -0.15) is 5.26 Å². The molecule has 2 aromatic carbocycles. The number of para-hydroxylation sites is 2. The van der Waals surface area contributed by atoms with Crippen LogP contribution in [0.1, 0.15) is 31.1 Å². The summed E-state index contributed by atoms with van der Waals surface area (Å²) >= 11 is 0. The van der Waals surface area contributed by atoms with E-state index in [9.17, 15) is 5.11 Å². The first-order chi connectivity index (χ1) is 10.2. The first kappa shape index (κ1) is 14.9. The Morgan fingerprint density at radius 1 is 1.14 bits per heavy atom. The van der Waals surface area contributed by atoms with Gasteiger partial charge in [-0.1, -0.05) is 18.2 Å². The summed E-state index contributed by atoms with van der Waals surface area (Å²) in [6.07, 6.45) is -0.688. The number of aliphatic hydroxyl groups is 1. The second-order valence-corrected chi connectivity index (χ2v) is 4.52. The number of aliphatic hydroxyl groups excluding tert-OH is 1. The van der Waals surface area contributed by atoms with Crippen molar-refractivity contribution < 1.29 is 14.6 Å². The van der Waals surface area contributed by atoms with Gasteiger partial charge in [0.15, 0.2) is 11.5 Å². The predicted molar refractivity (Wildman–Crippen MR) is 79.5 cm³/mol. The van der Waals surface area contributed by atoms with Gasteiger partial charge < -0.3 is 14.6 Å². The van der Waals surface area contributed by atoms with Gasteiger partial charge >= 0.3 is 0 Å². The molecule has 1 atom stereocenters. The normalized spacial score (nSPS) is 11.5. The molecule has 0 aliphatic rings. The number of hydrogen-bond acceptors (Lipinski definition) is 4. The number of hydrogen-bond donors (Lipinski definition) is 1. The van der Waals surface area contributed by atoms with Crippen LogP contribution in [-0.2, 0) is 0 Å². The summed E-state index contributed by atoms with van der Waals surface area (Å²) in [5, 5.41) is 18.8. The molecule has 0 fully saturated rings. The van der Waals surface area contributed by atoms with E-state index in [2.05, 4.69) is 6.07 Å². The van der Waals surface area contributed by atoms with Crippen LogP contribution in [0.15, 0.2) is 42.5 Å². The summed E-state index contributed by atoms with van der Waals surface area (Å²) in [6, 6.07) is 14.3. The van der Waals surface area contributed by atoms with Crippen molar-refractivity contribution in [3.63, 3.8) is 0 Å². The van der Waals surface area contributed by atoms with Crippen molar-refractivity contribution in [2.75, 3.05) is 6.61 Å². The number of ether oxygens (including phenoxy) is 2. The molecule has 0 saturated carbocycles. The lowest BCUT2D eigenvalue weighted by Crippen LogP contribution is -1.99. The first-order valence-corrected chi connectivity index (χ1v) is 6.77. The highest BCUT2D eigenvalue weighted by atomic mass is 16.5. The van der Waals surface area contributed by atoms with Gasteiger partial charge in [0, 0.05) is 5.56 Å². The highest BCUT2D eigenvalue weighted by molar-refractivity contribution is 5.48. The lowest BCUT2D eigenvalue weighted by atomic mass is 10.1. The maximum absolute atomic E-state index is 9.82. The number of nitriles is 1. The van der Waals surface area contributed by atoms with Crippen LogP contribution in [0, 0.1) is 11.3 Å². The molecule has 0 saturated heterocycles. The third-order valence-electron chi connectivity index (χ3n) is 2.96. The molecule has 2 aromatic rings. The highest BCUT2D eigenvalue weighted by Crippen LogP contribution is 2.35. The molecule has 2 rings (SSSR count). The van der Waals surface area contributed by atoms with Gasteiger partial charge in [0.25, 0.3) is 0 Å². The molecule has 108 valence electrons. The standard InChI is InChI=1S/C17H17NO3/c1-3-20-15-6-4-5-7-16(15)21-17-10-13(11-18)8-9-14(17)12(2)19/h4-10,12,19H,3H2,1-2H3/t12-/m0/s1. The molecule has 21 heavy (non-hydrogen) atoms. The van der Waals surface area contributed by atoms with Crippen molar-refractivity contribution in [2.24, 2.45) is 0 Å². The fourth-order valence-electron chi connectivity index (χ4n) is 1.97. The summed E-state index contributed by atoms with van der Waals surface area (Å²) in [7, 11) is 0. The SMILES string of the molecule is CCOc1ccccc1Oc1cc(C#N)ccc1[C@H](C)O. The highest BCUT2D eigenvalue weighted by Gasteiger charge is 2.13. The van der Waals surface area contributed by atoms with Crippen LogP contribution in [0.25, 0.3) is 0 Å². The van der Waals surface area contributed by atoms with E-state index in [1.165, 1.54) is 0 Å². The summed E-state index contributed by atoms with van der Waals surface area (Å²) in [5.74, 6) is 1.63. The molecule has 4 nitrogen and oxygen atoms in total. The minimum Gasteiger partial charge on any atom is -0.490 e. The molecule has 0 heterocycles. The molecular formula is C17H17NO3.